The Balaban J connectivity index is 1.88. The Morgan fingerprint density at radius 1 is 1.23 bits per heavy atom. The van der Waals surface area contributed by atoms with Gasteiger partial charge in [0.25, 0.3) is 0 Å². The van der Waals surface area contributed by atoms with E-state index in [0.29, 0.717) is 13.0 Å². The Labute approximate surface area is 154 Å². The van der Waals surface area contributed by atoms with Crippen LogP contribution in [0, 0.1) is 13.8 Å². The maximum atomic E-state index is 13.1. The zero-order chi connectivity index (χ0) is 18.8. The molecule has 136 valence electrons. The minimum Gasteiger partial charge on any atom is -0.336 e. The molecular formula is C21H26N4O. The quantitative estimate of drug-likeness (QED) is 0.707. The van der Waals surface area contributed by atoms with E-state index in [-0.39, 0.29) is 11.9 Å². The number of aromatic nitrogens is 3. The van der Waals surface area contributed by atoms with Gasteiger partial charge in [-0.05, 0) is 44.9 Å². The monoisotopic (exact) mass is 350 g/mol. The first-order chi connectivity index (χ1) is 12.4. The van der Waals surface area contributed by atoms with E-state index in [1.54, 1.807) is 4.68 Å². The summed E-state index contributed by atoms with van der Waals surface area (Å²) in [6.45, 7) is 8.74. The lowest BCUT2D eigenvalue weighted by Crippen LogP contribution is -2.37. The van der Waals surface area contributed by atoms with Crippen LogP contribution in [0.5, 0.6) is 0 Å². The third-order valence-corrected chi connectivity index (χ3v) is 4.87. The van der Waals surface area contributed by atoms with Crippen molar-refractivity contribution in [1.82, 2.24) is 19.7 Å². The van der Waals surface area contributed by atoms with Gasteiger partial charge in [0, 0.05) is 42.5 Å². The summed E-state index contributed by atoms with van der Waals surface area (Å²) in [6.07, 6.45) is 4.14. The summed E-state index contributed by atoms with van der Waals surface area (Å²) in [5.41, 5.74) is 5.13. The summed E-state index contributed by atoms with van der Waals surface area (Å²) in [6, 6.07) is 8.22. The van der Waals surface area contributed by atoms with Crippen molar-refractivity contribution in [1.29, 1.82) is 0 Å². The number of aryl methyl sites for hydroxylation is 3. The summed E-state index contributed by atoms with van der Waals surface area (Å²) in [5.74, 6) is 0.118. The lowest BCUT2D eigenvalue weighted by Gasteiger charge is -2.27. The fourth-order valence-corrected chi connectivity index (χ4v) is 3.39. The zero-order valence-corrected chi connectivity index (χ0v) is 16.2. The van der Waals surface area contributed by atoms with Crippen molar-refractivity contribution in [3.8, 4) is 0 Å². The number of hydrogen-bond donors (Lipinski definition) is 0. The number of rotatable bonds is 5. The predicted molar refractivity (Wildman–Crippen MR) is 104 cm³/mol. The van der Waals surface area contributed by atoms with E-state index < -0.39 is 0 Å². The van der Waals surface area contributed by atoms with Gasteiger partial charge in [0.15, 0.2) is 0 Å². The first-order valence-electron chi connectivity index (χ1n) is 8.98. The van der Waals surface area contributed by atoms with Crippen LogP contribution in [0.25, 0.3) is 10.9 Å². The second-order valence-electron chi connectivity index (χ2n) is 7.13. The fourth-order valence-electron chi connectivity index (χ4n) is 3.39. The van der Waals surface area contributed by atoms with Crippen molar-refractivity contribution < 1.29 is 4.79 Å². The lowest BCUT2D eigenvalue weighted by atomic mass is 9.99. The summed E-state index contributed by atoms with van der Waals surface area (Å²) < 4.78 is 1.76. The molecule has 0 radical (unpaired) electrons. The Morgan fingerprint density at radius 3 is 2.62 bits per heavy atom. The highest BCUT2D eigenvalue weighted by Gasteiger charge is 2.21. The average Bonchev–Trinajstić information content (AvgIpc) is 3.01. The summed E-state index contributed by atoms with van der Waals surface area (Å²) >= 11 is 0. The van der Waals surface area contributed by atoms with Crippen LogP contribution < -0.4 is 0 Å². The maximum Gasteiger partial charge on any atom is 0.227 e. The second-order valence-corrected chi connectivity index (χ2v) is 7.13. The molecule has 26 heavy (non-hydrogen) atoms. The van der Waals surface area contributed by atoms with E-state index in [2.05, 4.69) is 18.1 Å². The minimum atomic E-state index is 0.118. The lowest BCUT2D eigenvalue weighted by molar-refractivity contribution is -0.132. The van der Waals surface area contributed by atoms with Crippen LogP contribution in [0.3, 0.4) is 0 Å². The van der Waals surface area contributed by atoms with Crippen LogP contribution in [0.1, 0.15) is 36.2 Å². The minimum absolute atomic E-state index is 0.118. The number of hydrogen-bond acceptors (Lipinski definition) is 3. The Hall–Kier alpha value is -2.69. The van der Waals surface area contributed by atoms with Crippen LogP contribution in [-0.2, 0) is 24.8 Å². The van der Waals surface area contributed by atoms with Gasteiger partial charge in [-0.25, -0.2) is 0 Å². The molecular weight excluding hydrogens is 324 g/mol. The Morgan fingerprint density at radius 2 is 1.96 bits per heavy atom. The SMILES string of the molecule is Cc1nc2ccccc2c(C)c1CC(=O)N(Cc1cnn(C)c1)C(C)C. The molecule has 0 N–H and O–H groups in total. The highest BCUT2D eigenvalue weighted by Crippen LogP contribution is 2.24. The van der Waals surface area contributed by atoms with Crippen molar-refractivity contribution >= 4 is 16.8 Å². The first-order valence-corrected chi connectivity index (χ1v) is 8.98. The molecule has 0 saturated carbocycles. The molecule has 0 bridgehead atoms. The van der Waals surface area contributed by atoms with E-state index in [1.165, 1.54) is 0 Å². The van der Waals surface area contributed by atoms with Gasteiger partial charge in [0.05, 0.1) is 18.1 Å². The molecule has 1 amide bonds. The van der Waals surface area contributed by atoms with Crippen LogP contribution in [0.15, 0.2) is 36.7 Å². The van der Waals surface area contributed by atoms with Gasteiger partial charge in [-0.15, -0.1) is 0 Å². The molecule has 2 aromatic heterocycles. The molecule has 0 unspecified atom stereocenters. The van der Waals surface area contributed by atoms with Crippen LogP contribution in [0.2, 0.25) is 0 Å². The highest BCUT2D eigenvalue weighted by atomic mass is 16.2. The number of fused-ring (bicyclic) bond motifs is 1. The zero-order valence-electron chi connectivity index (χ0n) is 16.2. The topological polar surface area (TPSA) is 51.0 Å². The van der Waals surface area contributed by atoms with Crippen LogP contribution in [0.4, 0.5) is 0 Å². The van der Waals surface area contributed by atoms with E-state index in [4.69, 9.17) is 4.98 Å². The number of carbonyl (C=O) groups excluding carboxylic acids is 1. The van der Waals surface area contributed by atoms with Gasteiger partial charge in [-0.1, -0.05) is 18.2 Å². The smallest absolute Gasteiger partial charge is 0.227 e. The van der Waals surface area contributed by atoms with Crippen molar-refractivity contribution in [2.45, 2.75) is 46.7 Å². The first kappa shape index (κ1) is 18.1. The van der Waals surface area contributed by atoms with E-state index in [0.717, 1.165) is 33.3 Å². The van der Waals surface area contributed by atoms with E-state index >= 15 is 0 Å². The van der Waals surface area contributed by atoms with Crippen LogP contribution >= 0.6 is 0 Å². The molecule has 0 spiro atoms. The molecule has 5 heteroatoms. The molecule has 3 aromatic rings. The van der Waals surface area contributed by atoms with Gasteiger partial charge in [-0.2, -0.15) is 5.10 Å². The highest BCUT2D eigenvalue weighted by molar-refractivity contribution is 5.86. The normalized spacial score (nSPS) is 11.3. The Bertz CT molecular complexity index is 942. The van der Waals surface area contributed by atoms with Gasteiger partial charge >= 0.3 is 0 Å². The number of para-hydroxylation sites is 1. The van der Waals surface area contributed by atoms with E-state index in [9.17, 15) is 4.79 Å². The molecule has 5 nitrogen and oxygen atoms in total. The number of pyridine rings is 1. The third-order valence-electron chi connectivity index (χ3n) is 4.87. The maximum absolute atomic E-state index is 13.1. The summed E-state index contributed by atoms with van der Waals surface area (Å²) in [5, 5.41) is 5.32. The summed E-state index contributed by atoms with van der Waals surface area (Å²) in [4.78, 5) is 19.7. The van der Waals surface area contributed by atoms with Crippen LogP contribution in [-0.4, -0.2) is 31.6 Å². The Kier molecular flexibility index (Phi) is 5.07. The molecule has 3 rings (SSSR count). The fraction of sp³-hybridized carbons (Fsp3) is 0.381. The second kappa shape index (κ2) is 7.28. The average molecular weight is 350 g/mol. The molecule has 0 saturated heterocycles. The van der Waals surface area contributed by atoms with Gasteiger partial charge in [0.2, 0.25) is 5.91 Å². The standard InChI is InChI=1S/C21H26N4O/c1-14(2)25(13-17-11-22-24(5)12-17)21(26)10-19-15(3)18-8-6-7-9-20(18)23-16(19)4/h6-9,11-12,14H,10,13H2,1-5H3. The largest absolute Gasteiger partial charge is 0.336 e. The number of amides is 1. The molecule has 0 aliphatic carbocycles. The molecule has 0 aliphatic heterocycles. The number of nitrogens with zero attached hydrogens (tertiary/aromatic N) is 4. The molecule has 2 heterocycles. The predicted octanol–water partition coefficient (Wildman–Crippen LogP) is 3.56. The van der Waals surface area contributed by atoms with Gasteiger partial charge < -0.3 is 4.90 Å². The molecule has 0 fully saturated rings. The third kappa shape index (κ3) is 3.62. The van der Waals surface area contributed by atoms with Crippen molar-refractivity contribution in [2.24, 2.45) is 7.05 Å². The molecule has 1 aromatic carbocycles. The van der Waals surface area contributed by atoms with Gasteiger partial charge in [-0.3, -0.25) is 14.5 Å². The van der Waals surface area contributed by atoms with E-state index in [1.807, 2.05) is 63.3 Å². The van der Waals surface area contributed by atoms with Crippen molar-refractivity contribution in [2.75, 3.05) is 0 Å². The molecule has 0 atom stereocenters. The number of carbonyl (C=O) groups is 1. The molecule has 0 aliphatic rings. The summed E-state index contributed by atoms with van der Waals surface area (Å²) in [7, 11) is 1.89. The van der Waals surface area contributed by atoms with Crippen molar-refractivity contribution in [3.05, 3.63) is 59.0 Å². The number of benzene rings is 1. The van der Waals surface area contributed by atoms with Crippen molar-refractivity contribution in [3.63, 3.8) is 0 Å². The van der Waals surface area contributed by atoms with Gasteiger partial charge in [0.1, 0.15) is 0 Å².